The normalized spacial score (nSPS) is 27.1. The third-order valence-corrected chi connectivity index (χ3v) is 4.38. The first-order chi connectivity index (χ1) is 8.58. The van der Waals surface area contributed by atoms with Crippen molar-refractivity contribution in [2.24, 2.45) is 11.7 Å². The van der Waals surface area contributed by atoms with E-state index in [0.717, 1.165) is 32.5 Å². The van der Waals surface area contributed by atoms with Crippen molar-refractivity contribution in [1.82, 2.24) is 9.80 Å². The Labute approximate surface area is 110 Å². The largest absolute Gasteiger partial charge is 0.338 e. The third-order valence-electron chi connectivity index (χ3n) is 4.38. The average Bonchev–Trinajstić information content (AvgIpc) is 2.81. The van der Waals surface area contributed by atoms with E-state index in [-0.39, 0.29) is 0 Å². The number of nitrogens with zero attached hydrogens (tertiary/aromatic N) is 2. The van der Waals surface area contributed by atoms with E-state index in [1.807, 2.05) is 0 Å². The van der Waals surface area contributed by atoms with Crippen LogP contribution in [0.2, 0.25) is 0 Å². The van der Waals surface area contributed by atoms with E-state index in [9.17, 15) is 4.79 Å². The highest BCUT2D eigenvalue weighted by Gasteiger charge is 2.31. The number of hydrogen-bond acceptors (Lipinski definition) is 3. The van der Waals surface area contributed by atoms with Crippen LogP contribution in [0.5, 0.6) is 0 Å². The molecule has 0 saturated carbocycles. The summed E-state index contributed by atoms with van der Waals surface area (Å²) < 4.78 is 0. The SMILES string of the molecule is CC(C)C1CCCN1C(=O)CN1CCC(N)CC1. The number of likely N-dealkylation sites (tertiary alicyclic amines) is 2. The van der Waals surface area contributed by atoms with Crippen LogP contribution in [0.1, 0.15) is 39.5 Å². The van der Waals surface area contributed by atoms with Gasteiger partial charge in [0.2, 0.25) is 5.91 Å². The lowest BCUT2D eigenvalue weighted by molar-refractivity contribution is -0.134. The third kappa shape index (κ3) is 3.23. The lowest BCUT2D eigenvalue weighted by Gasteiger charge is -2.33. The minimum atomic E-state index is 0.321. The summed E-state index contributed by atoms with van der Waals surface area (Å²) in [6.45, 7) is 7.94. The van der Waals surface area contributed by atoms with E-state index in [2.05, 4.69) is 23.6 Å². The summed E-state index contributed by atoms with van der Waals surface area (Å²) in [7, 11) is 0. The van der Waals surface area contributed by atoms with Crippen LogP contribution in [0, 0.1) is 5.92 Å². The standard InChI is InChI=1S/C14H27N3O/c1-11(2)13-4-3-7-17(13)14(18)10-16-8-5-12(15)6-9-16/h11-13H,3-10,15H2,1-2H3. The average molecular weight is 253 g/mol. The molecule has 0 aromatic heterocycles. The predicted octanol–water partition coefficient (Wildman–Crippen LogP) is 1.06. The number of carbonyl (C=O) groups excluding carboxylic acids is 1. The summed E-state index contributed by atoms with van der Waals surface area (Å²) in [4.78, 5) is 16.7. The second kappa shape index (κ2) is 6.02. The first-order valence-corrected chi connectivity index (χ1v) is 7.35. The quantitative estimate of drug-likeness (QED) is 0.818. The van der Waals surface area contributed by atoms with Gasteiger partial charge in [0.1, 0.15) is 0 Å². The topological polar surface area (TPSA) is 49.6 Å². The molecule has 2 heterocycles. The maximum absolute atomic E-state index is 12.4. The summed E-state index contributed by atoms with van der Waals surface area (Å²) in [6, 6.07) is 0.802. The molecule has 0 bridgehead atoms. The molecule has 4 heteroatoms. The molecule has 18 heavy (non-hydrogen) atoms. The zero-order valence-electron chi connectivity index (χ0n) is 11.8. The highest BCUT2D eigenvalue weighted by atomic mass is 16.2. The molecule has 0 aromatic rings. The van der Waals surface area contributed by atoms with Gasteiger partial charge in [0.25, 0.3) is 0 Å². The fourth-order valence-electron chi connectivity index (χ4n) is 3.19. The number of nitrogens with two attached hydrogens (primary N) is 1. The van der Waals surface area contributed by atoms with E-state index >= 15 is 0 Å². The Balaban J connectivity index is 1.84. The van der Waals surface area contributed by atoms with Gasteiger partial charge in [0.15, 0.2) is 0 Å². The molecule has 4 nitrogen and oxygen atoms in total. The van der Waals surface area contributed by atoms with Gasteiger partial charge >= 0.3 is 0 Å². The molecule has 2 saturated heterocycles. The van der Waals surface area contributed by atoms with Gasteiger partial charge < -0.3 is 10.6 Å². The second-order valence-electron chi connectivity index (χ2n) is 6.15. The summed E-state index contributed by atoms with van der Waals surface area (Å²) >= 11 is 0. The number of piperidine rings is 1. The molecule has 2 aliphatic heterocycles. The molecule has 1 unspecified atom stereocenters. The van der Waals surface area contributed by atoms with Gasteiger partial charge in [-0.1, -0.05) is 13.8 Å². The Kier molecular flexibility index (Phi) is 4.62. The van der Waals surface area contributed by atoms with E-state index in [0.29, 0.717) is 30.5 Å². The lowest BCUT2D eigenvalue weighted by atomic mass is 10.0. The summed E-state index contributed by atoms with van der Waals surface area (Å²) in [5, 5.41) is 0. The minimum Gasteiger partial charge on any atom is -0.338 e. The van der Waals surface area contributed by atoms with Gasteiger partial charge in [0, 0.05) is 31.7 Å². The highest BCUT2D eigenvalue weighted by Crippen LogP contribution is 2.24. The maximum atomic E-state index is 12.4. The molecule has 2 rings (SSSR count). The molecule has 0 aliphatic carbocycles. The van der Waals surface area contributed by atoms with Crippen LogP contribution in [0.4, 0.5) is 0 Å². The van der Waals surface area contributed by atoms with E-state index in [1.54, 1.807) is 0 Å². The minimum absolute atomic E-state index is 0.321. The number of amides is 1. The van der Waals surface area contributed by atoms with Crippen molar-refractivity contribution in [3.05, 3.63) is 0 Å². The predicted molar refractivity (Wildman–Crippen MR) is 73.2 cm³/mol. The highest BCUT2D eigenvalue weighted by molar-refractivity contribution is 5.79. The molecule has 104 valence electrons. The van der Waals surface area contributed by atoms with Gasteiger partial charge in [-0.2, -0.15) is 0 Å². The molecule has 0 aromatic carbocycles. The van der Waals surface area contributed by atoms with Crippen LogP contribution in [0.25, 0.3) is 0 Å². The van der Waals surface area contributed by atoms with Gasteiger partial charge in [-0.25, -0.2) is 0 Å². The molecule has 2 N–H and O–H groups in total. The van der Waals surface area contributed by atoms with Crippen molar-refractivity contribution in [1.29, 1.82) is 0 Å². The van der Waals surface area contributed by atoms with E-state index in [4.69, 9.17) is 5.73 Å². The lowest BCUT2D eigenvalue weighted by Crippen LogP contribution is -2.47. The van der Waals surface area contributed by atoms with Crippen molar-refractivity contribution in [2.75, 3.05) is 26.2 Å². The molecule has 1 amide bonds. The molecule has 2 aliphatic rings. The van der Waals surface area contributed by atoms with Crippen molar-refractivity contribution < 1.29 is 4.79 Å². The van der Waals surface area contributed by atoms with Crippen LogP contribution in [0.3, 0.4) is 0 Å². The first-order valence-electron chi connectivity index (χ1n) is 7.35. The fourth-order valence-corrected chi connectivity index (χ4v) is 3.19. The Bertz CT molecular complexity index is 285. The Morgan fingerprint density at radius 3 is 2.50 bits per heavy atom. The Hall–Kier alpha value is -0.610. The van der Waals surface area contributed by atoms with Crippen LogP contribution in [-0.4, -0.2) is 54.0 Å². The Morgan fingerprint density at radius 1 is 1.22 bits per heavy atom. The van der Waals surface area contributed by atoms with Crippen LogP contribution in [0.15, 0.2) is 0 Å². The van der Waals surface area contributed by atoms with Crippen molar-refractivity contribution >= 4 is 5.91 Å². The molecule has 2 fully saturated rings. The van der Waals surface area contributed by atoms with Gasteiger partial charge in [-0.3, -0.25) is 9.69 Å². The van der Waals surface area contributed by atoms with Crippen LogP contribution < -0.4 is 5.73 Å². The maximum Gasteiger partial charge on any atom is 0.237 e. The number of hydrogen-bond donors (Lipinski definition) is 1. The second-order valence-corrected chi connectivity index (χ2v) is 6.15. The molecular formula is C14H27N3O. The smallest absolute Gasteiger partial charge is 0.237 e. The van der Waals surface area contributed by atoms with E-state index < -0.39 is 0 Å². The molecular weight excluding hydrogens is 226 g/mol. The number of carbonyl (C=O) groups is 1. The van der Waals surface area contributed by atoms with Crippen LogP contribution in [-0.2, 0) is 4.79 Å². The summed E-state index contributed by atoms with van der Waals surface area (Å²) in [5.41, 5.74) is 5.89. The summed E-state index contributed by atoms with van der Waals surface area (Å²) in [5.74, 6) is 0.896. The number of rotatable bonds is 3. The van der Waals surface area contributed by atoms with E-state index in [1.165, 1.54) is 12.8 Å². The summed E-state index contributed by atoms with van der Waals surface area (Å²) in [6.07, 6.45) is 4.40. The monoisotopic (exact) mass is 253 g/mol. The zero-order valence-corrected chi connectivity index (χ0v) is 11.8. The first kappa shape index (κ1) is 13.8. The van der Waals surface area contributed by atoms with Gasteiger partial charge in [0.05, 0.1) is 6.54 Å². The van der Waals surface area contributed by atoms with Gasteiger partial charge in [-0.05, 0) is 31.6 Å². The van der Waals surface area contributed by atoms with Crippen molar-refractivity contribution in [3.8, 4) is 0 Å². The van der Waals surface area contributed by atoms with Crippen molar-refractivity contribution in [3.63, 3.8) is 0 Å². The molecule has 0 radical (unpaired) electrons. The van der Waals surface area contributed by atoms with Gasteiger partial charge in [-0.15, -0.1) is 0 Å². The Morgan fingerprint density at radius 2 is 1.89 bits per heavy atom. The fraction of sp³-hybridized carbons (Fsp3) is 0.929. The molecule has 0 spiro atoms. The van der Waals surface area contributed by atoms with Crippen molar-refractivity contribution in [2.45, 2.75) is 51.6 Å². The van der Waals surface area contributed by atoms with Crippen LogP contribution >= 0.6 is 0 Å². The molecule has 1 atom stereocenters. The zero-order chi connectivity index (χ0) is 13.1.